The molecule has 7 aromatic rings. The first kappa shape index (κ1) is 23.6. The van der Waals surface area contributed by atoms with Crippen molar-refractivity contribution in [1.29, 1.82) is 5.26 Å². The summed E-state index contributed by atoms with van der Waals surface area (Å²) in [5.74, 6) is 0. The lowest BCUT2D eigenvalue weighted by Gasteiger charge is -2.16. The van der Waals surface area contributed by atoms with Crippen LogP contribution in [0.25, 0.3) is 66.3 Å². The van der Waals surface area contributed by atoms with Crippen LogP contribution >= 0.6 is 0 Å². The molecule has 0 saturated carbocycles. The lowest BCUT2D eigenvalue weighted by atomic mass is 9.90. The monoisotopic (exact) mass is 508 g/mol. The van der Waals surface area contributed by atoms with Crippen molar-refractivity contribution >= 4 is 21.7 Å². The van der Waals surface area contributed by atoms with Gasteiger partial charge < -0.3 is 0 Å². The van der Waals surface area contributed by atoms with Crippen LogP contribution in [0, 0.1) is 11.3 Å². The predicted molar refractivity (Wildman–Crippen MR) is 166 cm³/mol. The van der Waals surface area contributed by atoms with Crippen molar-refractivity contribution in [2.45, 2.75) is 0 Å². The summed E-state index contributed by atoms with van der Waals surface area (Å²) >= 11 is 0. The fourth-order valence-electron chi connectivity index (χ4n) is 5.48. The van der Waals surface area contributed by atoms with Crippen molar-refractivity contribution in [3.05, 3.63) is 151 Å². The van der Waals surface area contributed by atoms with E-state index in [1.54, 1.807) is 0 Å². The summed E-state index contributed by atoms with van der Waals surface area (Å²) in [6, 6.07) is 52.7. The molecule has 0 aliphatic rings. The van der Waals surface area contributed by atoms with Gasteiger partial charge in [-0.1, -0.05) is 121 Å². The van der Waals surface area contributed by atoms with Gasteiger partial charge in [-0.05, 0) is 63.0 Å². The maximum Gasteiger partial charge on any atom is 0.0991 e. The van der Waals surface area contributed by atoms with Crippen molar-refractivity contribution in [2.24, 2.45) is 0 Å². The normalized spacial score (nSPS) is 11.0. The molecule has 2 nitrogen and oxygen atoms in total. The largest absolute Gasteiger partial charge is 0.247 e. The molecule has 186 valence electrons. The molecule has 0 amide bonds. The fourth-order valence-corrected chi connectivity index (χ4v) is 5.48. The molecule has 2 heteroatoms. The van der Waals surface area contributed by atoms with Gasteiger partial charge in [0.25, 0.3) is 0 Å². The zero-order chi connectivity index (χ0) is 26.9. The number of pyridine rings is 1. The van der Waals surface area contributed by atoms with Crippen LogP contribution in [-0.2, 0) is 0 Å². The molecule has 0 N–H and O–H groups in total. The molecule has 0 aliphatic heterocycles. The van der Waals surface area contributed by atoms with E-state index in [0.717, 1.165) is 49.8 Å². The molecular formula is C38H24N2. The molecule has 0 spiro atoms. The smallest absolute Gasteiger partial charge is 0.0991 e. The summed E-state index contributed by atoms with van der Waals surface area (Å²) in [5.41, 5.74) is 10.6. The topological polar surface area (TPSA) is 36.7 Å². The van der Waals surface area contributed by atoms with Crippen LogP contribution in [0.4, 0.5) is 0 Å². The van der Waals surface area contributed by atoms with Gasteiger partial charge in [0.2, 0.25) is 0 Å². The second-order valence-electron chi connectivity index (χ2n) is 9.92. The van der Waals surface area contributed by atoms with Gasteiger partial charge in [-0.25, -0.2) is 4.98 Å². The van der Waals surface area contributed by atoms with Crippen LogP contribution in [0.15, 0.2) is 146 Å². The van der Waals surface area contributed by atoms with Gasteiger partial charge in [-0.15, -0.1) is 0 Å². The average molecular weight is 509 g/mol. The maximum absolute atomic E-state index is 9.16. The minimum absolute atomic E-state index is 0.665. The van der Waals surface area contributed by atoms with E-state index in [1.807, 2.05) is 30.3 Å². The number of rotatable bonds is 4. The first-order valence-corrected chi connectivity index (χ1v) is 13.4. The van der Waals surface area contributed by atoms with Crippen LogP contribution < -0.4 is 0 Å². The van der Waals surface area contributed by atoms with Crippen molar-refractivity contribution < 1.29 is 0 Å². The van der Waals surface area contributed by atoms with Crippen LogP contribution in [0.2, 0.25) is 0 Å². The van der Waals surface area contributed by atoms with Gasteiger partial charge in [-0.3, -0.25) is 0 Å². The Hall–Kier alpha value is -5.52. The highest BCUT2D eigenvalue weighted by atomic mass is 14.7. The Kier molecular flexibility index (Phi) is 5.89. The number of nitriles is 1. The number of fused-ring (bicyclic) bond motifs is 3. The lowest BCUT2D eigenvalue weighted by Crippen LogP contribution is -1.93. The number of hydrogen-bond donors (Lipinski definition) is 0. The van der Waals surface area contributed by atoms with Gasteiger partial charge in [0, 0.05) is 16.3 Å². The minimum Gasteiger partial charge on any atom is -0.247 e. The number of benzene rings is 6. The van der Waals surface area contributed by atoms with Crippen molar-refractivity contribution in [1.82, 2.24) is 4.98 Å². The second kappa shape index (κ2) is 9.98. The van der Waals surface area contributed by atoms with Crippen LogP contribution in [0.5, 0.6) is 0 Å². The van der Waals surface area contributed by atoms with E-state index >= 15 is 0 Å². The van der Waals surface area contributed by atoms with Crippen LogP contribution in [0.1, 0.15) is 5.56 Å². The van der Waals surface area contributed by atoms with E-state index in [1.165, 1.54) is 16.5 Å². The predicted octanol–water partition coefficient (Wildman–Crippen LogP) is 9.93. The Bertz CT molecular complexity index is 2020. The molecule has 0 fully saturated rings. The number of hydrogen-bond acceptors (Lipinski definition) is 2. The fraction of sp³-hybridized carbons (Fsp3) is 0. The van der Waals surface area contributed by atoms with E-state index in [2.05, 4.69) is 121 Å². The summed E-state index contributed by atoms with van der Waals surface area (Å²) in [6.07, 6.45) is 0. The highest BCUT2D eigenvalue weighted by Gasteiger charge is 2.16. The Balaban J connectivity index is 1.48. The molecule has 0 aliphatic carbocycles. The first-order valence-electron chi connectivity index (χ1n) is 13.4. The molecule has 0 atom stereocenters. The molecule has 0 radical (unpaired) electrons. The van der Waals surface area contributed by atoms with E-state index in [-0.39, 0.29) is 0 Å². The third kappa shape index (κ3) is 4.21. The third-order valence-electron chi connectivity index (χ3n) is 7.52. The van der Waals surface area contributed by atoms with E-state index in [0.29, 0.717) is 5.56 Å². The maximum atomic E-state index is 9.16. The lowest BCUT2D eigenvalue weighted by molar-refractivity contribution is 1.41. The molecule has 0 bridgehead atoms. The van der Waals surface area contributed by atoms with Gasteiger partial charge in [0.15, 0.2) is 0 Å². The van der Waals surface area contributed by atoms with Crippen molar-refractivity contribution in [3.63, 3.8) is 0 Å². The molecule has 1 aromatic heterocycles. The van der Waals surface area contributed by atoms with Gasteiger partial charge in [-0.2, -0.15) is 5.26 Å². The Labute approximate surface area is 233 Å². The van der Waals surface area contributed by atoms with Crippen molar-refractivity contribution in [2.75, 3.05) is 0 Å². The summed E-state index contributed by atoms with van der Waals surface area (Å²) in [5, 5.41) is 12.6. The molecular weight excluding hydrogens is 484 g/mol. The highest BCUT2D eigenvalue weighted by Crippen LogP contribution is 2.40. The quantitative estimate of drug-likeness (QED) is 0.222. The first-order chi connectivity index (χ1) is 19.8. The van der Waals surface area contributed by atoms with E-state index < -0.39 is 0 Å². The Morgan fingerprint density at radius 3 is 1.57 bits per heavy atom. The summed E-state index contributed by atoms with van der Waals surface area (Å²) < 4.78 is 0. The number of aromatic nitrogens is 1. The van der Waals surface area contributed by atoms with Gasteiger partial charge >= 0.3 is 0 Å². The summed E-state index contributed by atoms with van der Waals surface area (Å²) in [7, 11) is 0. The summed E-state index contributed by atoms with van der Waals surface area (Å²) in [6.45, 7) is 0. The van der Waals surface area contributed by atoms with Gasteiger partial charge in [0.05, 0.1) is 22.8 Å². The van der Waals surface area contributed by atoms with Crippen molar-refractivity contribution in [3.8, 4) is 50.7 Å². The molecule has 0 unspecified atom stereocenters. The SMILES string of the molecule is N#Cc1ccc(-c2ccc(-c3cc(-c4ccccc4)nc4c3cc(-c3ccccc3)c3ccccc34)cc2)cc1. The summed E-state index contributed by atoms with van der Waals surface area (Å²) in [4.78, 5) is 5.25. The Morgan fingerprint density at radius 1 is 0.425 bits per heavy atom. The molecule has 40 heavy (non-hydrogen) atoms. The standard InChI is InChI=1S/C38H24N2/c39-25-26-15-17-27(18-16-26)28-19-21-30(22-20-28)35-24-37(31-11-5-2-6-12-31)40-38-33-14-8-7-13-32(33)34(23-36(35)38)29-9-3-1-4-10-29/h1-24H. The molecule has 6 aromatic carbocycles. The molecule has 0 saturated heterocycles. The average Bonchev–Trinajstić information content (AvgIpc) is 3.05. The number of nitrogens with zero attached hydrogens (tertiary/aromatic N) is 2. The minimum atomic E-state index is 0.665. The molecule has 7 rings (SSSR count). The second-order valence-corrected chi connectivity index (χ2v) is 9.92. The van der Waals surface area contributed by atoms with E-state index in [9.17, 15) is 0 Å². The Morgan fingerprint density at radius 2 is 0.925 bits per heavy atom. The van der Waals surface area contributed by atoms with E-state index in [4.69, 9.17) is 10.2 Å². The third-order valence-corrected chi connectivity index (χ3v) is 7.52. The van der Waals surface area contributed by atoms with Gasteiger partial charge in [0.1, 0.15) is 0 Å². The highest BCUT2D eigenvalue weighted by molar-refractivity contribution is 6.16. The zero-order valence-corrected chi connectivity index (χ0v) is 21.8. The zero-order valence-electron chi connectivity index (χ0n) is 21.8. The molecule has 1 heterocycles. The van der Waals surface area contributed by atoms with Crippen LogP contribution in [0.3, 0.4) is 0 Å². The van der Waals surface area contributed by atoms with Crippen LogP contribution in [-0.4, -0.2) is 4.98 Å².